The highest BCUT2D eigenvalue weighted by atomic mass is 35.5. The van der Waals surface area contributed by atoms with E-state index in [9.17, 15) is 18.3 Å². The van der Waals surface area contributed by atoms with Crippen LogP contribution in [0, 0.1) is 6.92 Å². The average Bonchev–Trinajstić information content (AvgIpc) is 2.69. The maximum atomic E-state index is 13.0. The monoisotopic (exact) mass is 430 g/mol. The smallest absolute Gasteiger partial charge is 0.264 e. The number of aryl methyl sites for hydroxylation is 1. The minimum atomic E-state index is -3.91. The highest BCUT2D eigenvalue weighted by Gasteiger charge is 2.23. The number of aromatic hydroxyl groups is 1. The number of benzene rings is 3. The normalized spacial score (nSPS) is 11.1. The lowest BCUT2D eigenvalue weighted by atomic mass is 10.2. The second kappa shape index (κ2) is 8.14. The van der Waals surface area contributed by atoms with Crippen LogP contribution in [0.25, 0.3) is 0 Å². The zero-order chi connectivity index (χ0) is 21.2. The molecule has 6 nitrogen and oxygen atoms in total. The van der Waals surface area contributed by atoms with Crippen molar-refractivity contribution in [1.29, 1.82) is 0 Å². The van der Waals surface area contributed by atoms with Crippen molar-refractivity contribution >= 4 is 38.9 Å². The second-order valence-electron chi connectivity index (χ2n) is 6.45. The molecule has 0 heterocycles. The minimum Gasteiger partial charge on any atom is -0.506 e. The van der Waals surface area contributed by atoms with Crippen LogP contribution >= 0.6 is 11.6 Å². The summed E-state index contributed by atoms with van der Waals surface area (Å²) in [6, 6.07) is 17.0. The third kappa shape index (κ3) is 4.52. The van der Waals surface area contributed by atoms with Gasteiger partial charge >= 0.3 is 0 Å². The lowest BCUT2D eigenvalue weighted by Crippen LogP contribution is -2.26. The molecule has 2 N–H and O–H groups in total. The van der Waals surface area contributed by atoms with Gasteiger partial charge in [0.05, 0.1) is 16.3 Å². The number of halogens is 1. The van der Waals surface area contributed by atoms with E-state index < -0.39 is 15.9 Å². The van der Waals surface area contributed by atoms with Crippen molar-refractivity contribution in [2.45, 2.75) is 11.8 Å². The Kier molecular flexibility index (Phi) is 5.81. The molecule has 0 bridgehead atoms. The molecule has 3 rings (SSSR count). The number of hydrogen-bond donors (Lipinski definition) is 2. The Hall–Kier alpha value is -3.03. The van der Waals surface area contributed by atoms with Gasteiger partial charge in [0, 0.05) is 17.6 Å². The predicted octanol–water partition coefficient (Wildman–Crippen LogP) is 4.43. The fourth-order valence-electron chi connectivity index (χ4n) is 2.71. The third-order valence-corrected chi connectivity index (χ3v) is 6.34. The molecule has 3 aromatic rings. The Morgan fingerprint density at radius 1 is 1.03 bits per heavy atom. The van der Waals surface area contributed by atoms with Crippen LogP contribution in [0.2, 0.25) is 5.02 Å². The molecule has 29 heavy (non-hydrogen) atoms. The van der Waals surface area contributed by atoms with Crippen molar-refractivity contribution in [3.8, 4) is 5.75 Å². The molecule has 0 aliphatic carbocycles. The summed E-state index contributed by atoms with van der Waals surface area (Å²) >= 11 is 5.96. The molecule has 150 valence electrons. The molecule has 0 aliphatic heterocycles. The molecule has 0 fully saturated rings. The molecule has 0 radical (unpaired) electrons. The van der Waals surface area contributed by atoms with Gasteiger partial charge in [-0.15, -0.1) is 0 Å². The summed E-state index contributed by atoms with van der Waals surface area (Å²) in [6.45, 7) is 1.82. The van der Waals surface area contributed by atoms with Gasteiger partial charge in [0.15, 0.2) is 0 Å². The Morgan fingerprint density at radius 3 is 2.45 bits per heavy atom. The first-order chi connectivity index (χ1) is 13.7. The van der Waals surface area contributed by atoms with E-state index in [4.69, 9.17) is 11.6 Å². The van der Waals surface area contributed by atoms with Crippen molar-refractivity contribution in [2.75, 3.05) is 16.7 Å². The molecule has 8 heteroatoms. The summed E-state index contributed by atoms with van der Waals surface area (Å²) in [6.07, 6.45) is 0. The van der Waals surface area contributed by atoms with Gasteiger partial charge in [0.2, 0.25) is 0 Å². The lowest BCUT2D eigenvalue weighted by molar-refractivity contribution is 0.102. The van der Waals surface area contributed by atoms with E-state index in [1.165, 1.54) is 43.4 Å². The van der Waals surface area contributed by atoms with E-state index in [-0.39, 0.29) is 21.9 Å². The fraction of sp³-hybridized carbons (Fsp3) is 0.0952. The van der Waals surface area contributed by atoms with Crippen molar-refractivity contribution < 1.29 is 18.3 Å². The largest absolute Gasteiger partial charge is 0.506 e. The maximum absolute atomic E-state index is 13.0. The quantitative estimate of drug-likeness (QED) is 0.586. The maximum Gasteiger partial charge on any atom is 0.264 e. The highest BCUT2D eigenvalue weighted by Crippen LogP contribution is 2.27. The number of anilines is 2. The molecule has 0 saturated heterocycles. The summed E-state index contributed by atoms with van der Waals surface area (Å²) in [5.41, 5.74) is 1.63. The molecular formula is C21H19ClN2O4S. The van der Waals surface area contributed by atoms with Gasteiger partial charge in [-0.1, -0.05) is 29.8 Å². The van der Waals surface area contributed by atoms with Gasteiger partial charge in [-0.2, -0.15) is 0 Å². The standard InChI is InChI=1S/C21H19ClN2O4S/c1-14-9-10-19(20(25)11-14)23-21(26)15-5-3-8-18(12-15)29(27,28)24(2)17-7-4-6-16(22)13-17/h3-13,25H,1-2H3,(H,23,26). The SMILES string of the molecule is Cc1ccc(NC(=O)c2cccc(S(=O)(=O)N(C)c3cccc(Cl)c3)c2)c(O)c1. The Bertz CT molecular complexity index is 1180. The minimum absolute atomic E-state index is 0.0410. The molecule has 0 aliphatic rings. The molecule has 0 aromatic heterocycles. The number of nitrogens with one attached hydrogen (secondary N) is 1. The van der Waals surface area contributed by atoms with Crippen LogP contribution < -0.4 is 9.62 Å². The lowest BCUT2D eigenvalue weighted by Gasteiger charge is -2.20. The van der Waals surface area contributed by atoms with Gasteiger partial charge in [0.25, 0.3) is 15.9 Å². The zero-order valence-corrected chi connectivity index (χ0v) is 17.3. The van der Waals surface area contributed by atoms with Crippen LogP contribution in [0.4, 0.5) is 11.4 Å². The second-order valence-corrected chi connectivity index (χ2v) is 8.86. The summed E-state index contributed by atoms with van der Waals surface area (Å²) in [4.78, 5) is 12.5. The van der Waals surface area contributed by atoms with Crippen molar-refractivity contribution in [1.82, 2.24) is 0 Å². The molecule has 0 atom stereocenters. The van der Waals surface area contributed by atoms with E-state index in [1.807, 2.05) is 6.92 Å². The van der Waals surface area contributed by atoms with Crippen molar-refractivity contribution in [3.05, 3.63) is 82.9 Å². The molecule has 0 saturated carbocycles. The molecular weight excluding hydrogens is 412 g/mol. The number of rotatable bonds is 5. The van der Waals surface area contributed by atoms with Crippen LogP contribution in [0.5, 0.6) is 5.75 Å². The molecule has 0 unspecified atom stereocenters. The Morgan fingerprint density at radius 2 is 1.76 bits per heavy atom. The molecule has 3 aromatic carbocycles. The van der Waals surface area contributed by atoms with Crippen LogP contribution in [0.3, 0.4) is 0 Å². The molecule has 1 amide bonds. The number of amides is 1. The Labute approximate surface area is 174 Å². The fourth-order valence-corrected chi connectivity index (χ4v) is 4.13. The summed E-state index contributed by atoms with van der Waals surface area (Å²) in [5, 5.41) is 13.0. The van der Waals surface area contributed by atoms with E-state index in [2.05, 4.69) is 5.32 Å². The average molecular weight is 431 g/mol. The van der Waals surface area contributed by atoms with Crippen LogP contribution in [-0.2, 0) is 10.0 Å². The van der Waals surface area contributed by atoms with Crippen LogP contribution in [0.1, 0.15) is 15.9 Å². The van der Waals surface area contributed by atoms with Gasteiger partial charge in [-0.05, 0) is 61.0 Å². The molecule has 0 spiro atoms. The number of nitrogens with zero attached hydrogens (tertiary/aromatic N) is 1. The number of phenols is 1. The first kappa shape index (κ1) is 20.7. The van der Waals surface area contributed by atoms with Gasteiger partial charge in [-0.3, -0.25) is 9.10 Å². The van der Waals surface area contributed by atoms with E-state index in [0.29, 0.717) is 10.7 Å². The summed E-state index contributed by atoms with van der Waals surface area (Å²) in [7, 11) is -2.49. The zero-order valence-electron chi connectivity index (χ0n) is 15.8. The number of phenolic OH excluding ortho intramolecular Hbond substituents is 1. The summed E-state index contributed by atoms with van der Waals surface area (Å²) < 4.78 is 27.1. The third-order valence-electron chi connectivity index (χ3n) is 4.33. The van der Waals surface area contributed by atoms with Gasteiger partial charge < -0.3 is 10.4 Å². The predicted molar refractivity (Wildman–Crippen MR) is 114 cm³/mol. The van der Waals surface area contributed by atoms with E-state index in [0.717, 1.165) is 9.87 Å². The number of carbonyl (C=O) groups is 1. The Balaban J connectivity index is 1.89. The topological polar surface area (TPSA) is 86.7 Å². The first-order valence-electron chi connectivity index (χ1n) is 8.64. The van der Waals surface area contributed by atoms with Crippen LogP contribution in [-0.4, -0.2) is 26.5 Å². The first-order valence-corrected chi connectivity index (χ1v) is 10.5. The van der Waals surface area contributed by atoms with E-state index in [1.54, 1.807) is 30.3 Å². The number of sulfonamides is 1. The van der Waals surface area contributed by atoms with Crippen molar-refractivity contribution in [3.63, 3.8) is 0 Å². The van der Waals surface area contributed by atoms with Gasteiger partial charge in [-0.25, -0.2) is 8.42 Å². The number of carbonyl (C=O) groups excluding carboxylic acids is 1. The van der Waals surface area contributed by atoms with Gasteiger partial charge in [0.1, 0.15) is 5.75 Å². The van der Waals surface area contributed by atoms with Crippen molar-refractivity contribution in [2.24, 2.45) is 0 Å². The van der Waals surface area contributed by atoms with Crippen LogP contribution in [0.15, 0.2) is 71.6 Å². The number of hydrogen-bond acceptors (Lipinski definition) is 4. The van der Waals surface area contributed by atoms with E-state index >= 15 is 0 Å². The summed E-state index contributed by atoms with van der Waals surface area (Å²) in [5.74, 6) is -0.602. The highest BCUT2D eigenvalue weighted by molar-refractivity contribution is 7.92.